The molecular formula is C18H14N2O2S. The number of hydrogen-bond donors (Lipinski definition) is 2. The van der Waals surface area contributed by atoms with Gasteiger partial charge in [0.05, 0.1) is 24.4 Å². The quantitative estimate of drug-likeness (QED) is 0.833. The van der Waals surface area contributed by atoms with Crippen LogP contribution >= 0.6 is 12.2 Å². The van der Waals surface area contributed by atoms with Crippen LogP contribution in [-0.2, 0) is 0 Å². The maximum Gasteiger partial charge on any atom is 0.194 e. The Hall–Kier alpha value is -2.66. The highest BCUT2D eigenvalue weighted by molar-refractivity contribution is 7.80. The van der Waals surface area contributed by atoms with Crippen molar-refractivity contribution >= 4 is 28.8 Å². The summed E-state index contributed by atoms with van der Waals surface area (Å²) in [4.78, 5) is 12.8. The second kappa shape index (κ2) is 5.21. The van der Waals surface area contributed by atoms with E-state index in [1.807, 2.05) is 48.5 Å². The van der Waals surface area contributed by atoms with E-state index in [-0.39, 0.29) is 11.8 Å². The number of ether oxygens (including phenoxy) is 1. The number of methoxy groups -OCH3 is 1. The molecule has 5 heteroatoms. The smallest absolute Gasteiger partial charge is 0.194 e. The van der Waals surface area contributed by atoms with Crippen molar-refractivity contribution in [3.63, 3.8) is 0 Å². The van der Waals surface area contributed by atoms with Crippen LogP contribution in [-0.4, -0.2) is 18.0 Å². The van der Waals surface area contributed by atoms with Crippen molar-refractivity contribution in [3.05, 3.63) is 70.8 Å². The minimum atomic E-state index is -0.260. The first-order valence-electron chi connectivity index (χ1n) is 7.29. The molecule has 4 nitrogen and oxygen atoms in total. The Kier molecular flexibility index (Phi) is 3.16. The molecule has 0 spiro atoms. The molecule has 1 atom stereocenters. The Labute approximate surface area is 139 Å². The van der Waals surface area contributed by atoms with Crippen molar-refractivity contribution in [2.24, 2.45) is 0 Å². The molecule has 0 aromatic heterocycles. The molecule has 4 rings (SSSR count). The van der Waals surface area contributed by atoms with E-state index < -0.39 is 0 Å². The van der Waals surface area contributed by atoms with E-state index in [0.29, 0.717) is 10.7 Å². The van der Waals surface area contributed by atoms with Crippen LogP contribution in [0.25, 0.3) is 5.70 Å². The van der Waals surface area contributed by atoms with E-state index in [1.54, 1.807) is 7.11 Å². The molecule has 0 unspecified atom stereocenters. The van der Waals surface area contributed by atoms with Crippen molar-refractivity contribution in [2.75, 3.05) is 7.11 Å². The topological polar surface area (TPSA) is 50.4 Å². The number of hydrogen-bond acceptors (Lipinski definition) is 3. The summed E-state index contributed by atoms with van der Waals surface area (Å²) in [5, 5.41) is 6.87. The number of carbonyl (C=O) groups is 1. The van der Waals surface area contributed by atoms with Crippen molar-refractivity contribution in [3.8, 4) is 5.75 Å². The van der Waals surface area contributed by atoms with Crippen LogP contribution in [0.3, 0.4) is 0 Å². The number of Topliss-reactive ketones (excluding diaryl/α,β-unsaturated/α-hetero) is 1. The molecule has 0 saturated heterocycles. The average molecular weight is 322 g/mol. The third kappa shape index (κ3) is 2.12. The Morgan fingerprint density at radius 1 is 1.04 bits per heavy atom. The molecule has 2 aromatic carbocycles. The molecule has 2 aliphatic rings. The van der Waals surface area contributed by atoms with Crippen molar-refractivity contribution < 1.29 is 9.53 Å². The van der Waals surface area contributed by atoms with E-state index in [9.17, 15) is 4.79 Å². The molecule has 114 valence electrons. The summed E-state index contributed by atoms with van der Waals surface area (Å²) in [6, 6.07) is 15.0. The second-order valence-corrected chi connectivity index (χ2v) is 5.88. The predicted octanol–water partition coefficient (Wildman–Crippen LogP) is 2.82. The summed E-state index contributed by atoms with van der Waals surface area (Å²) < 4.78 is 5.20. The fourth-order valence-electron chi connectivity index (χ4n) is 3.11. The van der Waals surface area contributed by atoms with Crippen LogP contribution in [0.2, 0.25) is 0 Å². The molecule has 0 saturated carbocycles. The van der Waals surface area contributed by atoms with Gasteiger partial charge in [-0.05, 0) is 29.9 Å². The van der Waals surface area contributed by atoms with Crippen LogP contribution in [0, 0.1) is 0 Å². The van der Waals surface area contributed by atoms with E-state index in [1.165, 1.54) is 0 Å². The lowest BCUT2D eigenvalue weighted by Gasteiger charge is -2.28. The van der Waals surface area contributed by atoms with Crippen molar-refractivity contribution in [2.45, 2.75) is 6.04 Å². The van der Waals surface area contributed by atoms with Crippen LogP contribution < -0.4 is 15.4 Å². The van der Waals surface area contributed by atoms with Gasteiger partial charge in [-0.1, -0.05) is 36.4 Å². The first-order chi connectivity index (χ1) is 11.2. The van der Waals surface area contributed by atoms with Gasteiger partial charge < -0.3 is 15.4 Å². The molecule has 2 N–H and O–H groups in total. The summed E-state index contributed by atoms with van der Waals surface area (Å²) in [7, 11) is 1.63. The SMILES string of the molecule is COc1ccc([C@@H]2NC(=S)NC3=C2C(=O)c2ccccc23)cc1. The van der Waals surface area contributed by atoms with Gasteiger partial charge in [-0.3, -0.25) is 4.79 Å². The van der Waals surface area contributed by atoms with Gasteiger partial charge in [0.15, 0.2) is 10.9 Å². The third-order valence-corrected chi connectivity index (χ3v) is 4.43. The van der Waals surface area contributed by atoms with Gasteiger partial charge in [0.25, 0.3) is 0 Å². The molecule has 0 fully saturated rings. The Morgan fingerprint density at radius 3 is 2.43 bits per heavy atom. The van der Waals surface area contributed by atoms with Gasteiger partial charge in [0, 0.05) is 11.1 Å². The van der Waals surface area contributed by atoms with Gasteiger partial charge >= 0.3 is 0 Å². The number of nitrogens with one attached hydrogen (secondary N) is 2. The molecular weight excluding hydrogens is 308 g/mol. The van der Waals surface area contributed by atoms with Gasteiger partial charge in [-0.15, -0.1) is 0 Å². The van der Waals surface area contributed by atoms with Gasteiger partial charge in [-0.25, -0.2) is 0 Å². The van der Waals surface area contributed by atoms with Crippen LogP contribution in [0.1, 0.15) is 27.5 Å². The Balaban J connectivity index is 1.84. The Morgan fingerprint density at radius 2 is 1.74 bits per heavy atom. The van der Waals surface area contributed by atoms with Crippen LogP contribution in [0.4, 0.5) is 0 Å². The highest BCUT2D eigenvalue weighted by atomic mass is 32.1. The number of fused-ring (bicyclic) bond motifs is 2. The normalized spacial score (nSPS) is 18.9. The van der Waals surface area contributed by atoms with Crippen molar-refractivity contribution in [1.82, 2.24) is 10.6 Å². The summed E-state index contributed by atoms with van der Waals surface area (Å²) >= 11 is 5.33. The fourth-order valence-corrected chi connectivity index (χ4v) is 3.33. The highest BCUT2D eigenvalue weighted by Crippen LogP contribution is 2.40. The fraction of sp³-hybridized carbons (Fsp3) is 0.111. The van der Waals surface area contributed by atoms with E-state index >= 15 is 0 Å². The zero-order valence-electron chi connectivity index (χ0n) is 12.4. The monoisotopic (exact) mass is 322 g/mol. The standard InChI is InChI=1S/C18H14N2O2S/c1-22-11-8-6-10(7-9-11)15-14-16(20-18(23)19-15)12-4-2-3-5-13(12)17(14)21/h2-9,15H,1H3,(H2,19,20,23)/t15-/m0/s1. The summed E-state index contributed by atoms with van der Waals surface area (Å²) in [5.41, 5.74) is 4.13. The summed E-state index contributed by atoms with van der Waals surface area (Å²) in [6.45, 7) is 0. The average Bonchev–Trinajstić information content (AvgIpc) is 2.87. The van der Waals surface area contributed by atoms with E-state index in [4.69, 9.17) is 17.0 Å². The lowest BCUT2D eigenvalue weighted by atomic mass is 9.94. The predicted molar refractivity (Wildman–Crippen MR) is 92.3 cm³/mol. The molecule has 0 amide bonds. The molecule has 1 aliphatic heterocycles. The van der Waals surface area contributed by atoms with Gasteiger partial charge in [-0.2, -0.15) is 0 Å². The maximum atomic E-state index is 12.8. The number of benzene rings is 2. The number of carbonyl (C=O) groups excluding carboxylic acids is 1. The lowest BCUT2D eigenvalue weighted by molar-refractivity contribution is 0.103. The van der Waals surface area contributed by atoms with E-state index in [0.717, 1.165) is 28.1 Å². The second-order valence-electron chi connectivity index (χ2n) is 5.47. The van der Waals surface area contributed by atoms with Gasteiger partial charge in [0.2, 0.25) is 0 Å². The van der Waals surface area contributed by atoms with Crippen molar-refractivity contribution in [1.29, 1.82) is 0 Å². The zero-order chi connectivity index (χ0) is 16.0. The molecule has 0 bridgehead atoms. The summed E-state index contributed by atoms with van der Waals surface area (Å²) in [6.07, 6.45) is 0. The number of thiocarbonyl (C=S) groups is 1. The first kappa shape index (κ1) is 14.0. The Bertz CT molecular complexity index is 856. The van der Waals surface area contributed by atoms with E-state index in [2.05, 4.69) is 10.6 Å². The maximum absolute atomic E-state index is 12.8. The van der Waals surface area contributed by atoms with Crippen LogP contribution in [0.5, 0.6) is 5.75 Å². The largest absolute Gasteiger partial charge is 0.497 e. The molecule has 23 heavy (non-hydrogen) atoms. The third-order valence-electron chi connectivity index (χ3n) is 4.21. The van der Waals surface area contributed by atoms with Gasteiger partial charge in [0.1, 0.15) is 5.75 Å². The zero-order valence-corrected chi connectivity index (χ0v) is 13.2. The lowest BCUT2D eigenvalue weighted by Crippen LogP contribution is -2.43. The number of rotatable bonds is 2. The minimum Gasteiger partial charge on any atom is -0.497 e. The van der Waals surface area contributed by atoms with Crippen LogP contribution in [0.15, 0.2) is 54.1 Å². The highest BCUT2D eigenvalue weighted by Gasteiger charge is 2.38. The molecule has 1 aliphatic carbocycles. The number of ketones is 1. The molecule has 2 aromatic rings. The first-order valence-corrected chi connectivity index (χ1v) is 7.69. The summed E-state index contributed by atoms with van der Waals surface area (Å²) in [5.74, 6) is 0.819. The molecule has 0 radical (unpaired) electrons. The minimum absolute atomic E-state index is 0.0407. The molecule has 1 heterocycles.